The van der Waals surface area contributed by atoms with E-state index in [-0.39, 0.29) is 5.56 Å². The van der Waals surface area contributed by atoms with Gasteiger partial charge in [-0.1, -0.05) is 62.9 Å². The van der Waals surface area contributed by atoms with Crippen LogP contribution in [0, 0.1) is 0 Å². The topological polar surface area (TPSA) is 9.23 Å². The summed E-state index contributed by atoms with van der Waals surface area (Å²) in [6.07, 6.45) is 5.48. The minimum absolute atomic E-state index is 0.0241. The Kier molecular flexibility index (Phi) is 6.88. The Labute approximate surface area is 108 Å². The van der Waals surface area contributed by atoms with E-state index in [1.54, 1.807) is 18.2 Å². The normalized spacial score (nSPS) is 11.7. The second kappa shape index (κ2) is 8.20. The summed E-state index contributed by atoms with van der Waals surface area (Å²) in [7, 11) is 0. The molecule has 0 fully saturated rings. The molecule has 0 saturated heterocycles. The molecule has 0 aliphatic heterocycles. The summed E-state index contributed by atoms with van der Waals surface area (Å²) in [6.45, 7) is 2.05. The zero-order chi connectivity index (χ0) is 13.3. The number of halogens is 2. The molecule has 1 rings (SSSR count). The maximum absolute atomic E-state index is 13.7. The van der Waals surface area contributed by atoms with Gasteiger partial charge >= 0.3 is 0 Å². The van der Waals surface area contributed by atoms with Gasteiger partial charge in [-0.3, -0.25) is 0 Å². The van der Waals surface area contributed by atoms with E-state index in [1.165, 1.54) is 25.0 Å². The highest BCUT2D eigenvalue weighted by molar-refractivity contribution is 5.19. The standard InChI is InChI=1S/C15H22F2O/c1-2-3-4-5-9-12-18-13-15(16,17)14-10-7-6-8-11-14/h6-8,10-11H,2-5,9,12-13H2,1H3. The zero-order valence-electron chi connectivity index (χ0n) is 11.0. The van der Waals surface area contributed by atoms with Crippen molar-refractivity contribution in [2.24, 2.45) is 0 Å². The molecule has 0 radical (unpaired) electrons. The highest BCUT2D eigenvalue weighted by atomic mass is 19.3. The number of ether oxygens (including phenoxy) is 1. The summed E-state index contributed by atoms with van der Waals surface area (Å²) in [5, 5.41) is 0. The number of alkyl halides is 2. The van der Waals surface area contributed by atoms with E-state index in [1.807, 2.05) is 0 Å². The summed E-state index contributed by atoms with van der Waals surface area (Å²) in [5.41, 5.74) is 0.0241. The van der Waals surface area contributed by atoms with E-state index in [0.717, 1.165) is 19.3 Å². The van der Waals surface area contributed by atoms with Crippen molar-refractivity contribution in [3.8, 4) is 0 Å². The molecule has 0 saturated carbocycles. The second-order valence-electron chi connectivity index (χ2n) is 4.54. The first-order valence-corrected chi connectivity index (χ1v) is 6.68. The molecule has 0 aliphatic rings. The lowest BCUT2D eigenvalue weighted by Crippen LogP contribution is -2.21. The van der Waals surface area contributed by atoms with Gasteiger partial charge in [0, 0.05) is 12.2 Å². The van der Waals surface area contributed by atoms with E-state index in [9.17, 15) is 8.78 Å². The molecular weight excluding hydrogens is 234 g/mol. The van der Waals surface area contributed by atoms with E-state index in [2.05, 4.69) is 6.92 Å². The lowest BCUT2D eigenvalue weighted by Gasteiger charge is -2.16. The number of rotatable bonds is 9. The van der Waals surface area contributed by atoms with Crippen LogP contribution >= 0.6 is 0 Å². The van der Waals surface area contributed by atoms with Gasteiger partial charge in [0.15, 0.2) is 0 Å². The molecule has 0 N–H and O–H groups in total. The fourth-order valence-electron chi connectivity index (χ4n) is 1.77. The average Bonchev–Trinajstić information content (AvgIpc) is 2.39. The maximum Gasteiger partial charge on any atom is 0.296 e. The molecule has 102 valence electrons. The van der Waals surface area contributed by atoms with Gasteiger partial charge in [0.25, 0.3) is 5.92 Å². The zero-order valence-corrected chi connectivity index (χ0v) is 11.0. The van der Waals surface area contributed by atoms with Gasteiger partial charge in [-0.25, -0.2) is 0 Å². The SMILES string of the molecule is CCCCCCCOCC(F)(F)c1ccccc1. The first kappa shape index (κ1) is 15.1. The van der Waals surface area contributed by atoms with Crippen LogP contribution in [0.4, 0.5) is 8.78 Å². The van der Waals surface area contributed by atoms with Crippen molar-refractivity contribution in [1.82, 2.24) is 0 Å². The van der Waals surface area contributed by atoms with Crippen molar-refractivity contribution >= 4 is 0 Å². The van der Waals surface area contributed by atoms with Gasteiger partial charge in [0.05, 0.1) is 0 Å². The third kappa shape index (κ3) is 5.58. The number of benzene rings is 1. The van der Waals surface area contributed by atoms with Gasteiger partial charge < -0.3 is 4.74 Å². The third-order valence-corrected chi connectivity index (χ3v) is 2.87. The Morgan fingerprint density at radius 3 is 2.33 bits per heavy atom. The van der Waals surface area contributed by atoms with Crippen molar-refractivity contribution in [1.29, 1.82) is 0 Å². The van der Waals surface area contributed by atoms with Crippen LogP contribution in [-0.2, 0) is 10.7 Å². The molecule has 1 aromatic rings. The van der Waals surface area contributed by atoms with Crippen molar-refractivity contribution in [3.63, 3.8) is 0 Å². The fraction of sp³-hybridized carbons (Fsp3) is 0.600. The van der Waals surface area contributed by atoms with Gasteiger partial charge in [-0.15, -0.1) is 0 Å². The van der Waals surface area contributed by atoms with Crippen LogP contribution in [0.5, 0.6) is 0 Å². The first-order valence-electron chi connectivity index (χ1n) is 6.68. The summed E-state index contributed by atoms with van der Waals surface area (Å²) in [4.78, 5) is 0. The van der Waals surface area contributed by atoms with Crippen molar-refractivity contribution in [2.75, 3.05) is 13.2 Å². The Bertz CT molecular complexity index is 312. The second-order valence-corrected chi connectivity index (χ2v) is 4.54. The summed E-state index contributed by atoms with van der Waals surface area (Å²) in [5.74, 6) is -2.88. The molecule has 0 spiro atoms. The van der Waals surface area contributed by atoms with Crippen molar-refractivity contribution in [2.45, 2.75) is 45.0 Å². The quantitative estimate of drug-likeness (QED) is 0.578. The smallest absolute Gasteiger partial charge is 0.296 e. The van der Waals surface area contributed by atoms with Crippen LogP contribution in [0.25, 0.3) is 0 Å². The monoisotopic (exact) mass is 256 g/mol. The first-order chi connectivity index (χ1) is 8.67. The predicted octanol–water partition coefficient (Wildman–Crippen LogP) is 4.77. The van der Waals surface area contributed by atoms with Crippen LogP contribution in [-0.4, -0.2) is 13.2 Å². The van der Waals surface area contributed by atoms with E-state index >= 15 is 0 Å². The molecule has 0 bridgehead atoms. The van der Waals surface area contributed by atoms with Crippen LogP contribution < -0.4 is 0 Å². The van der Waals surface area contributed by atoms with Crippen LogP contribution in [0.2, 0.25) is 0 Å². The number of unbranched alkanes of at least 4 members (excludes halogenated alkanes) is 4. The molecule has 1 aromatic carbocycles. The molecule has 0 aromatic heterocycles. The lowest BCUT2D eigenvalue weighted by atomic mass is 10.1. The number of hydrogen-bond acceptors (Lipinski definition) is 1. The van der Waals surface area contributed by atoms with Gasteiger partial charge in [0.1, 0.15) is 6.61 Å². The molecule has 0 unspecified atom stereocenters. The van der Waals surface area contributed by atoms with Crippen molar-refractivity contribution < 1.29 is 13.5 Å². The fourth-order valence-corrected chi connectivity index (χ4v) is 1.77. The van der Waals surface area contributed by atoms with Crippen LogP contribution in [0.15, 0.2) is 30.3 Å². The lowest BCUT2D eigenvalue weighted by molar-refractivity contribution is -0.0831. The Hall–Kier alpha value is -0.960. The van der Waals surface area contributed by atoms with Crippen molar-refractivity contribution in [3.05, 3.63) is 35.9 Å². The predicted molar refractivity (Wildman–Crippen MR) is 69.9 cm³/mol. The molecule has 0 atom stereocenters. The molecule has 0 aliphatic carbocycles. The molecule has 0 amide bonds. The Morgan fingerprint density at radius 1 is 1.00 bits per heavy atom. The van der Waals surface area contributed by atoms with Crippen LogP contribution in [0.1, 0.15) is 44.6 Å². The average molecular weight is 256 g/mol. The Morgan fingerprint density at radius 2 is 1.67 bits per heavy atom. The third-order valence-electron chi connectivity index (χ3n) is 2.87. The van der Waals surface area contributed by atoms with Gasteiger partial charge in [0.2, 0.25) is 0 Å². The molecule has 0 heterocycles. The highest BCUT2D eigenvalue weighted by Crippen LogP contribution is 2.27. The molecular formula is C15H22F2O. The highest BCUT2D eigenvalue weighted by Gasteiger charge is 2.31. The molecule has 3 heteroatoms. The van der Waals surface area contributed by atoms with E-state index in [0.29, 0.717) is 6.61 Å². The van der Waals surface area contributed by atoms with Crippen LogP contribution in [0.3, 0.4) is 0 Å². The largest absolute Gasteiger partial charge is 0.375 e. The minimum atomic E-state index is -2.88. The summed E-state index contributed by atoms with van der Waals surface area (Å²) in [6, 6.07) is 7.84. The Balaban J connectivity index is 2.18. The van der Waals surface area contributed by atoms with E-state index in [4.69, 9.17) is 4.74 Å². The molecule has 1 nitrogen and oxygen atoms in total. The van der Waals surface area contributed by atoms with Gasteiger partial charge in [-0.05, 0) is 6.42 Å². The van der Waals surface area contributed by atoms with E-state index < -0.39 is 12.5 Å². The summed E-state index contributed by atoms with van der Waals surface area (Å²) < 4.78 is 32.4. The number of hydrogen-bond donors (Lipinski definition) is 0. The maximum atomic E-state index is 13.7. The van der Waals surface area contributed by atoms with Gasteiger partial charge in [-0.2, -0.15) is 8.78 Å². The molecule has 18 heavy (non-hydrogen) atoms. The summed E-state index contributed by atoms with van der Waals surface area (Å²) >= 11 is 0. The minimum Gasteiger partial charge on any atom is -0.375 e.